The van der Waals surface area contributed by atoms with Crippen LogP contribution in [0.1, 0.15) is 37.3 Å². The SMILES string of the molecule is NC(CC(=O)O)c1cc(Br)ccc1OCC1CCC1. The summed E-state index contributed by atoms with van der Waals surface area (Å²) in [5.74, 6) is 0.425. The summed E-state index contributed by atoms with van der Waals surface area (Å²) in [7, 11) is 0. The predicted molar refractivity (Wildman–Crippen MR) is 76.2 cm³/mol. The van der Waals surface area contributed by atoms with E-state index in [9.17, 15) is 4.79 Å². The largest absolute Gasteiger partial charge is 0.493 e. The van der Waals surface area contributed by atoms with Crippen LogP contribution in [0, 0.1) is 5.92 Å². The molecule has 0 spiro atoms. The lowest BCUT2D eigenvalue weighted by Gasteiger charge is -2.26. The standard InChI is InChI=1S/C14H18BrNO3/c15-10-4-5-13(19-8-9-2-1-3-9)11(6-10)12(16)7-14(17)18/h4-6,9,12H,1-3,7-8,16H2,(H,17,18). The van der Waals surface area contributed by atoms with E-state index in [2.05, 4.69) is 15.9 Å². The molecule has 0 aromatic heterocycles. The van der Waals surface area contributed by atoms with Gasteiger partial charge in [-0.3, -0.25) is 4.79 Å². The van der Waals surface area contributed by atoms with Crippen molar-refractivity contribution in [2.24, 2.45) is 11.7 Å². The van der Waals surface area contributed by atoms with Crippen LogP contribution in [0.5, 0.6) is 5.75 Å². The Bertz CT molecular complexity index is 460. The van der Waals surface area contributed by atoms with Crippen molar-refractivity contribution in [3.05, 3.63) is 28.2 Å². The van der Waals surface area contributed by atoms with Crippen molar-refractivity contribution < 1.29 is 14.6 Å². The van der Waals surface area contributed by atoms with Gasteiger partial charge in [0.1, 0.15) is 5.75 Å². The molecule has 0 radical (unpaired) electrons. The molecule has 5 heteroatoms. The zero-order chi connectivity index (χ0) is 13.8. The Morgan fingerprint density at radius 2 is 2.26 bits per heavy atom. The molecule has 3 N–H and O–H groups in total. The second kappa shape index (κ2) is 6.39. The van der Waals surface area contributed by atoms with E-state index in [0.29, 0.717) is 18.3 Å². The minimum Gasteiger partial charge on any atom is -0.493 e. The summed E-state index contributed by atoms with van der Waals surface area (Å²) in [5.41, 5.74) is 6.68. The zero-order valence-corrected chi connectivity index (χ0v) is 12.2. The van der Waals surface area contributed by atoms with Gasteiger partial charge in [0, 0.05) is 16.1 Å². The smallest absolute Gasteiger partial charge is 0.305 e. The minimum atomic E-state index is -0.905. The molecule has 1 aromatic carbocycles. The number of aliphatic carboxylic acids is 1. The molecule has 1 saturated carbocycles. The third-order valence-electron chi connectivity index (χ3n) is 3.47. The number of ether oxygens (including phenoxy) is 1. The van der Waals surface area contributed by atoms with Crippen molar-refractivity contribution in [3.8, 4) is 5.75 Å². The molecule has 1 aliphatic rings. The predicted octanol–water partition coefficient (Wildman–Crippen LogP) is 3.10. The molecule has 1 unspecified atom stereocenters. The maximum absolute atomic E-state index is 10.8. The van der Waals surface area contributed by atoms with E-state index in [1.165, 1.54) is 19.3 Å². The molecule has 0 heterocycles. The first-order chi connectivity index (χ1) is 9.06. The molecular weight excluding hydrogens is 310 g/mol. The number of benzene rings is 1. The van der Waals surface area contributed by atoms with Gasteiger partial charge >= 0.3 is 5.97 Å². The third-order valence-corrected chi connectivity index (χ3v) is 3.96. The summed E-state index contributed by atoms with van der Waals surface area (Å²) in [6.45, 7) is 0.689. The highest BCUT2D eigenvalue weighted by atomic mass is 79.9. The van der Waals surface area contributed by atoms with Gasteiger partial charge in [0.05, 0.1) is 13.0 Å². The summed E-state index contributed by atoms with van der Waals surface area (Å²) in [6.07, 6.45) is 3.61. The first kappa shape index (κ1) is 14.3. The van der Waals surface area contributed by atoms with E-state index in [-0.39, 0.29) is 6.42 Å². The van der Waals surface area contributed by atoms with Crippen LogP contribution >= 0.6 is 15.9 Å². The van der Waals surface area contributed by atoms with Gasteiger partial charge in [-0.2, -0.15) is 0 Å². The number of carboxylic acids is 1. The minimum absolute atomic E-state index is 0.101. The van der Waals surface area contributed by atoms with Gasteiger partial charge in [-0.25, -0.2) is 0 Å². The molecule has 4 nitrogen and oxygen atoms in total. The normalized spacial score (nSPS) is 16.7. The van der Waals surface area contributed by atoms with Crippen molar-refractivity contribution in [2.45, 2.75) is 31.7 Å². The Morgan fingerprint density at radius 3 is 2.84 bits per heavy atom. The van der Waals surface area contributed by atoms with Crippen LogP contribution in [0.15, 0.2) is 22.7 Å². The van der Waals surface area contributed by atoms with E-state index < -0.39 is 12.0 Å². The van der Waals surface area contributed by atoms with E-state index in [0.717, 1.165) is 10.0 Å². The molecule has 0 bridgehead atoms. The van der Waals surface area contributed by atoms with Gasteiger partial charge in [-0.05, 0) is 37.0 Å². The molecule has 0 saturated heterocycles. The molecule has 1 fully saturated rings. The number of nitrogens with two attached hydrogens (primary N) is 1. The van der Waals surface area contributed by atoms with Gasteiger partial charge in [0.25, 0.3) is 0 Å². The molecular formula is C14H18BrNO3. The zero-order valence-electron chi connectivity index (χ0n) is 10.6. The summed E-state index contributed by atoms with van der Waals surface area (Å²) >= 11 is 3.38. The van der Waals surface area contributed by atoms with Gasteiger partial charge in [-0.1, -0.05) is 22.4 Å². The summed E-state index contributed by atoms with van der Waals surface area (Å²) in [4.78, 5) is 10.8. The number of hydrogen-bond donors (Lipinski definition) is 2. The molecule has 0 amide bonds. The number of hydrogen-bond acceptors (Lipinski definition) is 3. The molecule has 19 heavy (non-hydrogen) atoms. The van der Waals surface area contributed by atoms with Crippen molar-refractivity contribution in [1.29, 1.82) is 0 Å². The lowest BCUT2D eigenvalue weighted by molar-refractivity contribution is -0.137. The van der Waals surface area contributed by atoms with Crippen LogP contribution in [0.25, 0.3) is 0 Å². The topological polar surface area (TPSA) is 72.6 Å². The maximum atomic E-state index is 10.8. The molecule has 1 aliphatic carbocycles. The maximum Gasteiger partial charge on any atom is 0.305 e. The van der Waals surface area contributed by atoms with Gasteiger partial charge in [0.15, 0.2) is 0 Å². The van der Waals surface area contributed by atoms with Crippen LogP contribution in [-0.2, 0) is 4.79 Å². The Labute approximate surface area is 121 Å². The third kappa shape index (κ3) is 3.94. The second-order valence-corrected chi connectivity index (χ2v) is 5.91. The highest BCUT2D eigenvalue weighted by molar-refractivity contribution is 9.10. The molecule has 1 atom stereocenters. The van der Waals surface area contributed by atoms with Crippen LogP contribution in [0.3, 0.4) is 0 Å². The lowest BCUT2D eigenvalue weighted by Crippen LogP contribution is -2.21. The van der Waals surface area contributed by atoms with Crippen LogP contribution < -0.4 is 10.5 Å². The first-order valence-corrected chi connectivity index (χ1v) is 7.25. The first-order valence-electron chi connectivity index (χ1n) is 6.46. The number of carboxylic acid groups (broad SMARTS) is 1. The highest BCUT2D eigenvalue weighted by Crippen LogP contribution is 2.32. The van der Waals surface area contributed by atoms with E-state index in [4.69, 9.17) is 15.6 Å². The summed E-state index contributed by atoms with van der Waals surface area (Å²) in [6, 6.07) is 5.02. The van der Waals surface area contributed by atoms with Crippen molar-refractivity contribution >= 4 is 21.9 Å². The van der Waals surface area contributed by atoms with Crippen molar-refractivity contribution in [3.63, 3.8) is 0 Å². The fraction of sp³-hybridized carbons (Fsp3) is 0.500. The summed E-state index contributed by atoms with van der Waals surface area (Å²) in [5, 5.41) is 8.84. The number of rotatable bonds is 6. The van der Waals surface area contributed by atoms with Crippen molar-refractivity contribution in [2.75, 3.05) is 6.61 Å². The van der Waals surface area contributed by atoms with E-state index in [1.807, 2.05) is 18.2 Å². The van der Waals surface area contributed by atoms with Gasteiger partial charge in [-0.15, -0.1) is 0 Å². The monoisotopic (exact) mass is 327 g/mol. The second-order valence-electron chi connectivity index (χ2n) is 4.99. The fourth-order valence-electron chi connectivity index (χ4n) is 2.11. The van der Waals surface area contributed by atoms with Crippen LogP contribution in [0.4, 0.5) is 0 Å². The lowest BCUT2D eigenvalue weighted by atomic mass is 9.86. The van der Waals surface area contributed by atoms with Gasteiger partial charge in [0.2, 0.25) is 0 Å². The molecule has 1 aromatic rings. The van der Waals surface area contributed by atoms with Crippen LogP contribution in [-0.4, -0.2) is 17.7 Å². The summed E-state index contributed by atoms with van der Waals surface area (Å²) < 4.78 is 6.68. The Kier molecular flexibility index (Phi) is 4.82. The van der Waals surface area contributed by atoms with Crippen molar-refractivity contribution in [1.82, 2.24) is 0 Å². The van der Waals surface area contributed by atoms with Gasteiger partial charge < -0.3 is 15.6 Å². The average molecular weight is 328 g/mol. The van der Waals surface area contributed by atoms with Crippen LogP contribution in [0.2, 0.25) is 0 Å². The Morgan fingerprint density at radius 1 is 1.53 bits per heavy atom. The Hall–Kier alpha value is -1.07. The Balaban J connectivity index is 2.09. The molecule has 104 valence electrons. The average Bonchev–Trinajstić information content (AvgIpc) is 2.27. The molecule has 2 rings (SSSR count). The quantitative estimate of drug-likeness (QED) is 0.842. The fourth-order valence-corrected chi connectivity index (χ4v) is 2.48. The number of halogens is 1. The number of carbonyl (C=O) groups is 1. The molecule has 0 aliphatic heterocycles. The van der Waals surface area contributed by atoms with E-state index in [1.54, 1.807) is 0 Å². The van der Waals surface area contributed by atoms with E-state index >= 15 is 0 Å². The highest BCUT2D eigenvalue weighted by Gasteiger charge is 2.20.